The van der Waals surface area contributed by atoms with E-state index in [1.165, 1.54) is 0 Å². The minimum Gasteiger partial charge on any atom is -0.294 e. The van der Waals surface area contributed by atoms with Gasteiger partial charge < -0.3 is 0 Å². The first kappa shape index (κ1) is 7.47. The van der Waals surface area contributed by atoms with Crippen LogP contribution in [0.25, 0.3) is 0 Å². The van der Waals surface area contributed by atoms with E-state index in [0.717, 1.165) is 18.4 Å². The molecule has 2 bridgehead atoms. The summed E-state index contributed by atoms with van der Waals surface area (Å²) in [6.45, 7) is 0. The Labute approximate surface area is 75.9 Å². The van der Waals surface area contributed by atoms with E-state index in [1.54, 1.807) is 0 Å². The Balaban J connectivity index is 2.14. The normalized spacial score (nSPS) is 41.7. The van der Waals surface area contributed by atoms with Crippen molar-refractivity contribution in [2.24, 2.45) is 0 Å². The summed E-state index contributed by atoms with van der Waals surface area (Å²) < 4.78 is 0. The molecule has 2 aliphatic heterocycles. The van der Waals surface area contributed by atoms with E-state index in [9.17, 15) is 4.79 Å². The molecule has 1 spiro atoms. The van der Waals surface area contributed by atoms with Crippen molar-refractivity contribution in [2.45, 2.75) is 31.0 Å². The molecule has 1 fully saturated rings. The molecule has 4 rings (SSSR count). The van der Waals surface area contributed by atoms with Gasteiger partial charge in [-0.2, -0.15) is 0 Å². The topological polar surface area (TPSA) is 35.5 Å². The molecule has 1 saturated carbocycles. The van der Waals surface area contributed by atoms with Crippen molar-refractivity contribution in [3.8, 4) is 0 Å². The second-order valence-corrected chi connectivity index (χ2v) is 3.77. The number of rotatable bonds is 0. The minimum atomic E-state index is -0.444. The second kappa shape index (κ2) is 2.30. The van der Waals surface area contributed by atoms with Gasteiger partial charge >= 0.3 is 0 Å². The number of fused-ring (bicyclic) bond motifs is 2. The summed E-state index contributed by atoms with van der Waals surface area (Å²) in [6.07, 6.45) is 7.83. The van der Waals surface area contributed by atoms with Crippen molar-refractivity contribution in [3.63, 3.8) is 0 Å². The zero-order chi connectivity index (χ0) is 8.89. The number of hydrogen-bond donors (Lipinski definition) is 0. The number of carbonyl (C=O) groups is 1. The Hall–Kier alpha value is -0.930. The van der Waals surface area contributed by atoms with Gasteiger partial charge in [0.2, 0.25) is 0 Å². The van der Waals surface area contributed by atoms with Crippen molar-refractivity contribution in [1.29, 1.82) is 0 Å². The predicted octanol–water partition coefficient (Wildman–Crippen LogP) is 1.30. The van der Waals surface area contributed by atoms with Crippen molar-refractivity contribution >= 4 is 5.78 Å². The maximum absolute atomic E-state index is 11.5. The van der Waals surface area contributed by atoms with Gasteiger partial charge in [0.05, 0.1) is 0 Å². The lowest BCUT2D eigenvalue weighted by atomic mass is 9.93. The molecule has 3 heteroatoms. The van der Waals surface area contributed by atoms with Gasteiger partial charge in [0, 0.05) is 18.4 Å². The fraction of sp³-hybridized carbons (Fsp3) is 0.500. The summed E-state index contributed by atoms with van der Waals surface area (Å²) in [5, 5.41) is 0. The fourth-order valence-electron chi connectivity index (χ4n) is 2.24. The van der Waals surface area contributed by atoms with Crippen LogP contribution in [0.1, 0.15) is 19.3 Å². The van der Waals surface area contributed by atoms with Crippen molar-refractivity contribution in [3.05, 3.63) is 23.8 Å². The van der Waals surface area contributed by atoms with Gasteiger partial charge in [-0.05, 0) is 12.5 Å². The predicted molar refractivity (Wildman–Crippen MR) is 44.8 cm³/mol. The van der Waals surface area contributed by atoms with Crippen LogP contribution in [0.2, 0.25) is 0 Å². The van der Waals surface area contributed by atoms with E-state index >= 15 is 0 Å². The fourth-order valence-corrected chi connectivity index (χ4v) is 2.24. The van der Waals surface area contributed by atoms with Gasteiger partial charge in [-0.15, -0.1) is 0 Å². The Kier molecular flexibility index (Phi) is 1.32. The molecule has 2 atom stereocenters. The van der Waals surface area contributed by atoms with Crippen LogP contribution in [-0.2, 0) is 14.6 Å². The lowest BCUT2D eigenvalue weighted by Crippen LogP contribution is -2.35. The summed E-state index contributed by atoms with van der Waals surface area (Å²) >= 11 is 0. The second-order valence-electron chi connectivity index (χ2n) is 3.77. The quantitative estimate of drug-likeness (QED) is 0.414. The average Bonchev–Trinajstić information content (AvgIpc) is 2.36. The van der Waals surface area contributed by atoms with Crippen LogP contribution in [0.4, 0.5) is 0 Å². The Bertz CT molecular complexity index is 329. The highest BCUT2D eigenvalue weighted by Gasteiger charge is 2.48. The third-order valence-corrected chi connectivity index (χ3v) is 2.97. The monoisotopic (exact) mass is 178 g/mol. The lowest BCUT2D eigenvalue weighted by molar-refractivity contribution is -0.362. The molecule has 0 saturated heterocycles. The maximum Gasteiger partial charge on any atom is 0.161 e. The first-order valence-corrected chi connectivity index (χ1v) is 4.57. The molecule has 0 N–H and O–H groups in total. The van der Waals surface area contributed by atoms with Crippen molar-refractivity contribution < 1.29 is 14.6 Å². The molecular formula is C10H10O3. The molecule has 2 aliphatic carbocycles. The SMILES string of the molecule is O=C1CCC23CC=CC(C=C12)OO3. The van der Waals surface area contributed by atoms with Crippen LogP contribution in [-0.4, -0.2) is 17.5 Å². The van der Waals surface area contributed by atoms with Crippen LogP contribution in [0.5, 0.6) is 0 Å². The molecule has 2 unspecified atom stereocenters. The number of hydrogen-bond acceptors (Lipinski definition) is 3. The molecule has 3 nitrogen and oxygen atoms in total. The molecule has 0 aromatic rings. The van der Waals surface area contributed by atoms with Crippen LogP contribution >= 0.6 is 0 Å². The largest absolute Gasteiger partial charge is 0.294 e. The maximum atomic E-state index is 11.5. The van der Waals surface area contributed by atoms with E-state index in [-0.39, 0.29) is 11.9 Å². The third kappa shape index (κ3) is 0.885. The summed E-state index contributed by atoms with van der Waals surface area (Å²) in [4.78, 5) is 22.0. The van der Waals surface area contributed by atoms with E-state index in [1.807, 2.05) is 18.2 Å². The van der Waals surface area contributed by atoms with Crippen LogP contribution < -0.4 is 0 Å². The third-order valence-electron chi connectivity index (χ3n) is 2.97. The first-order chi connectivity index (χ1) is 6.30. The molecule has 68 valence electrons. The highest BCUT2D eigenvalue weighted by molar-refractivity contribution is 6.00. The molecule has 13 heavy (non-hydrogen) atoms. The highest BCUT2D eigenvalue weighted by Crippen LogP contribution is 2.44. The van der Waals surface area contributed by atoms with Gasteiger partial charge in [0.1, 0.15) is 11.7 Å². The molecule has 2 heterocycles. The molecular weight excluding hydrogens is 168 g/mol. The van der Waals surface area contributed by atoms with Gasteiger partial charge in [-0.3, -0.25) is 4.79 Å². The summed E-state index contributed by atoms with van der Waals surface area (Å²) in [6, 6.07) is 0. The molecule has 0 amide bonds. The van der Waals surface area contributed by atoms with Crippen molar-refractivity contribution in [2.75, 3.05) is 0 Å². The van der Waals surface area contributed by atoms with Gasteiger partial charge in [0.25, 0.3) is 0 Å². The van der Waals surface area contributed by atoms with Crippen LogP contribution in [0, 0.1) is 0 Å². The molecule has 0 aromatic heterocycles. The summed E-state index contributed by atoms with van der Waals surface area (Å²) in [7, 11) is 0. The summed E-state index contributed by atoms with van der Waals surface area (Å²) in [5.41, 5.74) is 0.384. The Morgan fingerprint density at radius 3 is 3.38 bits per heavy atom. The van der Waals surface area contributed by atoms with Gasteiger partial charge in [-0.1, -0.05) is 12.2 Å². The van der Waals surface area contributed by atoms with E-state index < -0.39 is 5.60 Å². The van der Waals surface area contributed by atoms with Gasteiger partial charge in [0.15, 0.2) is 5.78 Å². The number of carbonyl (C=O) groups excluding carboxylic acids is 1. The Morgan fingerprint density at radius 1 is 1.54 bits per heavy atom. The van der Waals surface area contributed by atoms with Crippen molar-refractivity contribution in [1.82, 2.24) is 0 Å². The zero-order valence-electron chi connectivity index (χ0n) is 7.16. The lowest BCUT2D eigenvalue weighted by Gasteiger charge is -2.30. The molecule has 4 aliphatic rings. The minimum absolute atomic E-state index is 0.160. The van der Waals surface area contributed by atoms with E-state index in [0.29, 0.717) is 6.42 Å². The summed E-state index contributed by atoms with van der Waals surface area (Å²) in [5.74, 6) is 0.219. The standard InChI is InChI=1S/C10H10O3/c11-9-3-5-10-4-1-2-7(12-13-10)6-8(9)10/h1-2,6-7H,3-5H2. The number of ketones is 1. The van der Waals surface area contributed by atoms with E-state index in [4.69, 9.17) is 9.78 Å². The average molecular weight is 178 g/mol. The van der Waals surface area contributed by atoms with Gasteiger partial charge in [-0.25, -0.2) is 9.78 Å². The smallest absolute Gasteiger partial charge is 0.161 e. The Morgan fingerprint density at radius 2 is 2.46 bits per heavy atom. The first-order valence-electron chi connectivity index (χ1n) is 4.57. The zero-order valence-corrected chi connectivity index (χ0v) is 7.16. The van der Waals surface area contributed by atoms with E-state index in [2.05, 4.69) is 0 Å². The van der Waals surface area contributed by atoms with Crippen LogP contribution in [0.15, 0.2) is 23.8 Å². The number of Topliss-reactive ketones (excluding diaryl/α,β-unsaturated/α-hetero) is 1. The highest BCUT2D eigenvalue weighted by atomic mass is 17.2. The van der Waals surface area contributed by atoms with Crippen LogP contribution in [0.3, 0.4) is 0 Å². The molecule has 0 radical (unpaired) electrons. The molecule has 0 aromatic carbocycles.